The number of nitrogens with zero attached hydrogens (tertiary/aromatic N) is 7. The number of hydrogen-bond acceptors (Lipinski definition) is 7. The van der Waals surface area contributed by atoms with Gasteiger partial charge in [0.15, 0.2) is 11.6 Å². The lowest BCUT2D eigenvalue weighted by molar-refractivity contribution is 0.166. The molecule has 1 aliphatic rings. The van der Waals surface area contributed by atoms with Crippen molar-refractivity contribution in [2.24, 2.45) is 0 Å². The van der Waals surface area contributed by atoms with Gasteiger partial charge in [0.05, 0.1) is 11.7 Å². The second-order valence-corrected chi connectivity index (χ2v) is 11.6. The van der Waals surface area contributed by atoms with Crippen LogP contribution in [0.2, 0.25) is 0 Å². The van der Waals surface area contributed by atoms with E-state index in [1.54, 1.807) is 6.07 Å². The highest BCUT2D eigenvalue weighted by Gasteiger charge is 2.25. The molecule has 4 aromatic rings. The van der Waals surface area contributed by atoms with Crippen LogP contribution in [-0.2, 0) is 18.5 Å². The maximum Gasteiger partial charge on any atom is 0.229 e. The third kappa shape index (κ3) is 5.49. The number of hydrogen-bond donors (Lipinski definition) is 1. The van der Waals surface area contributed by atoms with Crippen LogP contribution in [0.1, 0.15) is 44.8 Å². The molecule has 0 radical (unpaired) electrons. The Morgan fingerprint density at radius 2 is 1.85 bits per heavy atom. The van der Waals surface area contributed by atoms with Gasteiger partial charge in [0, 0.05) is 48.9 Å². The largest absolute Gasteiger partial charge is 0.323 e. The second-order valence-electron chi connectivity index (χ2n) is 11.6. The number of pyridine rings is 1. The Morgan fingerprint density at radius 3 is 2.56 bits per heavy atom. The smallest absolute Gasteiger partial charge is 0.229 e. The number of likely N-dealkylation sites (N-methyl/N-ethyl adjacent to an activating group) is 1. The molecule has 0 spiro atoms. The number of imidazole rings is 1. The molecule has 4 heterocycles. The number of benzene rings is 1. The molecule has 0 bridgehead atoms. The first-order valence-corrected chi connectivity index (χ1v) is 13.3. The predicted octanol–water partition coefficient (Wildman–Crippen LogP) is 5.28. The van der Waals surface area contributed by atoms with E-state index >= 15 is 4.39 Å². The molecule has 0 aliphatic carbocycles. The Morgan fingerprint density at radius 1 is 1.08 bits per heavy atom. The molecule has 0 unspecified atom stereocenters. The van der Waals surface area contributed by atoms with Crippen LogP contribution in [0.3, 0.4) is 0 Å². The minimum Gasteiger partial charge on any atom is -0.323 e. The summed E-state index contributed by atoms with van der Waals surface area (Å²) in [5, 5.41) is 3.12. The average Bonchev–Trinajstić information content (AvgIpc) is 3.20. The van der Waals surface area contributed by atoms with Crippen molar-refractivity contribution >= 4 is 22.8 Å². The van der Waals surface area contributed by atoms with Crippen molar-refractivity contribution in [2.45, 2.75) is 59.2 Å². The summed E-state index contributed by atoms with van der Waals surface area (Å²) in [7, 11) is 4.17. The summed E-state index contributed by atoms with van der Waals surface area (Å²) in [6.07, 6.45) is 1.94. The van der Waals surface area contributed by atoms with Gasteiger partial charge in [-0.25, -0.2) is 28.7 Å². The van der Waals surface area contributed by atoms with Crippen LogP contribution in [0, 0.1) is 18.6 Å². The minimum absolute atomic E-state index is 0.00993. The van der Waals surface area contributed by atoms with Crippen LogP contribution >= 0.6 is 0 Å². The molecule has 0 fully saturated rings. The van der Waals surface area contributed by atoms with E-state index in [0.717, 1.165) is 37.9 Å². The molecular formula is C29H36F2N8. The molecular weight excluding hydrogens is 498 g/mol. The minimum atomic E-state index is -0.636. The summed E-state index contributed by atoms with van der Waals surface area (Å²) >= 11 is 0. The first-order chi connectivity index (χ1) is 18.4. The van der Waals surface area contributed by atoms with Gasteiger partial charge in [-0.3, -0.25) is 4.90 Å². The van der Waals surface area contributed by atoms with Gasteiger partial charge in [0.25, 0.3) is 0 Å². The lowest BCUT2D eigenvalue weighted by Crippen LogP contribution is -2.42. The van der Waals surface area contributed by atoms with E-state index in [4.69, 9.17) is 4.98 Å². The summed E-state index contributed by atoms with van der Waals surface area (Å²) in [6, 6.07) is 7.35. The van der Waals surface area contributed by atoms with Crippen LogP contribution < -0.4 is 5.32 Å². The van der Waals surface area contributed by atoms with Crippen LogP contribution in [0.15, 0.2) is 30.5 Å². The van der Waals surface area contributed by atoms with Gasteiger partial charge in [-0.1, -0.05) is 6.07 Å². The molecule has 10 heteroatoms. The summed E-state index contributed by atoms with van der Waals surface area (Å²) in [5.74, 6) is 0.307. The zero-order valence-corrected chi connectivity index (χ0v) is 23.7. The summed E-state index contributed by atoms with van der Waals surface area (Å²) in [5.41, 5.74) is 3.08. The van der Waals surface area contributed by atoms with E-state index in [-0.39, 0.29) is 22.7 Å². The fourth-order valence-electron chi connectivity index (χ4n) is 5.31. The highest BCUT2D eigenvalue weighted by atomic mass is 19.1. The SMILES string of the molecule is Cc1nc2c(F)cc(-c3nc(Nc4ccc5c(n4)C[C@H](C)N(CCN(C)C)C5)ncc3F)cc2n1C(C)(C)C. The van der Waals surface area contributed by atoms with E-state index in [1.807, 2.05) is 38.3 Å². The zero-order valence-electron chi connectivity index (χ0n) is 23.7. The van der Waals surface area contributed by atoms with Gasteiger partial charge in [0.1, 0.15) is 22.9 Å². The number of halogens is 2. The number of aromatic nitrogens is 5. The normalized spacial score (nSPS) is 16.2. The highest BCUT2D eigenvalue weighted by Crippen LogP contribution is 2.32. The van der Waals surface area contributed by atoms with Gasteiger partial charge in [0.2, 0.25) is 5.95 Å². The number of fused-ring (bicyclic) bond motifs is 2. The van der Waals surface area contributed by atoms with Gasteiger partial charge in [-0.2, -0.15) is 0 Å². The lowest BCUT2D eigenvalue weighted by Gasteiger charge is -2.35. The van der Waals surface area contributed by atoms with E-state index < -0.39 is 11.6 Å². The fraction of sp³-hybridized carbons (Fsp3) is 0.448. The maximum absolute atomic E-state index is 15.1. The highest BCUT2D eigenvalue weighted by molar-refractivity contribution is 5.83. The lowest BCUT2D eigenvalue weighted by atomic mass is 9.99. The summed E-state index contributed by atoms with van der Waals surface area (Å²) in [4.78, 5) is 22.4. The second kappa shape index (κ2) is 10.2. The standard InChI is InChI=1S/C29H36F2N8/c1-17-12-23-19(16-38(17)11-10-37(6)7)8-9-25(34-23)35-28-32-15-22(31)26(36-28)20-13-21(30)27-24(14-20)39(18(2)33-27)29(3,4)5/h8-9,13-15,17H,10-12,16H2,1-7H3,(H,32,34,35,36)/t17-/m0/s1. The molecule has 0 saturated heterocycles. The number of aryl methyl sites for hydroxylation is 1. The molecule has 8 nitrogen and oxygen atoms in total. The molecule has 0 saturated carbocycles. The van der Waals surface area contributed by atoms with Crippen molar-refractivity contribution in [1.29, 1.82) is 0 Å². The molecule has 1 atom stereocenters. The number of rotatable bonds is 6. The molecule has 1 aliphatic heterocycles. The topological polar surface area (TPSA) is 75.0 Å². The quantitative estimate of drug-likeness (QED) is 0.361. The molecule has 0 amide bonds. The van der Waals surface area contributed by atoms with Crippen molar-refractivity contribution < 1.29 is 8.78 Å². The maximum atomic E-state index is 15.1. The van der Waals surface area contributed by atoms with E-state index in [1.165, 1.54) is 11.6 Å². The fourth-order valence-corrected chi connectivity index (χ4v) is 5.31. The van der Waals surface area contributed by atoms with Crippen molar-refractivity contribution in [3.63, 3.8) is 0 Å². The first-order valence-electron chi connectivity index (χ1n) is 13.3. The molecule has 3 aromatic heterocycles. The van der Waals surface area contributed by atoms with Crippen LogP contribution in [0.4, 0.5) is 20.5 Å². The summed E-state index contributed by atoms with van der Waals surface area (Å²) < 4.78 is 32.0. The van der Waals surface area contributed by atoms with Crippen molar-refractivity contribution in [3.05, 3.63) is 59.2 Å². The third-order valence-electron chi connectivity index (χ3n) is 7.20. The predicted molar refractivity (Wildman–Crippen MR) is 150 cm³/mol. The number of nitrogens with one attached hydrogen (secondary N) is 1. The molecule has 1 aromatic carbocycles. The van der Waals surface area contributed by atoms with E-state index in [0.29, 0.717) is 28.8 Å². The Hall–Kier alpha value is -3.50. The molecule has 5 rings (SSSR count). The number of anilines is 2. The monoisotopic (exact) mass is 534 g/mol. The summed E-state index contributed by atoms with van der Waals surface area (Å²) in [6.45, 7) is 13.0. The zero-order chi connectivity index (χ0) is 28.1. The van der Waals surface area contributed by atoms with Gasteiger partial charge in [-0.15, -0.1) is 0 Å². The van der Waals surface area contributed by atoms with E-state index in [2.05, 4.69) is 57.2 Å². The van der Waals surface area contributed by atoms with Crippen LogP contribution in [0.25, 0.3) is 22.3 Å². The average molecular weight is 535 g/mol. The molecule has 206 valence electrons. The van der Waals surface area contributed by atoms with Crippen molar-refractivity contribution in [2.75, 3.05) is 32.5 Å². The first kappa shape index (κ1) is 27.1. The van der Waals surface area contributed by atoms with Crippen molar-refractivity contribution in [3.8, 4) is 11.3 Å². The van der Waals surface area contributed by atoms with Gasteiger partial charge in [-0.05, 0) is 72.5 Å². The van der Waals surface area contributed by atoms with E-state index in [9.17, 15) is 4.39 Å². The molecule has 1 N–H and O–H groups in total. The Bertz CT molecular complexity index is 1520. The van der Waals surface area contributed by atoms with Crippen LogP contribution in [0.5, 0.6) is 0 Å². The van der Waals surface area contributed by atoms with Crippen LogP contribution in [-0.4, -0.2) is 67.5 Å². The molecule has 39 heavy (non-hydrogen) atoms. The Balaban J connectivity index is 1.43. The third-order valence-corrected chi connectivity index (χ3v) is 7.20. The Labute approximate surface area is 228 Å². The Kier molecular flexibility index (Phi) is 7.11. The van der Waals surface area contributed by atoms with Crippen molar-refractivity contribution in [1.82, 2.24) is 34.3 Å². The van der Waals surface area contributed by atoms with Gasteiger partial charge < -0.3 is 14.8 Å². The van der Waals surface area contributed by atoms with Gasteiger partial charge >= 0.3 is 0 Å².